The predicted octanol–water partition coefficient (Wildman–Crippen LogP) is 2.05. The van der Waals surface area contributed by atoms with Gasteiger partial charge in [0.2, 0.25) is 0 Å². The number of alkyl halides is 3. The molecule has 0 heterocycles. The second-order valence-corrected chi connectivity index (χ2v) is 7.14. The first-order valence-electron chi connectivity index (χ1n) is 9.63. The minimum atomic E-state index is -4.76. The van der Waals surface area contributed by atoms with Gasteiger partial charge < -0.3 is 20.3 Å². The van der Waals surface area contributed by atoms with E-state index < -0.39 is 6.36 Å². The number of hydrogen-bond acceptors (Lipinski definition) is 3. The monoisotopic (exact) mass is 414 g/mol. The summed E-state index contributed by atoms with van der Waals surface area (Å²) in [7, 11) is 1.73. The van der Waals surface area contributed by atoms with E-state index in [9.17, 15) is 22.8 Å². The van der Waals surface area contributed by atoms with Gasteiger partial charge in [0.05, 0.1) is 7.05 Å². The molecule has 6 nitrogen and oxygen atoms in total. The number of nitrogens with one attached hydrogen (secondary N) is 3. The standard InChI is InChI=1S/C20H26F3N3O3/c1-26(13-18(27)24-12-11-15-5-3-2-4-6-15)14-19(28)25-16-7-9-17(10-8-16)29-20(21,22)23/h5,7-10H,2-4,6,11-14H2,1H3,(H,24,27)(H,25,28)/p+1. The van der Waals surface area contributed by atoms with E-state index in [4.69, 9.17) is 0 Å². The van der Waals surface area contributed by atoms with E-state index in [2.05, 4.69) is 21.4 Å². The highest BCUT2D eigenvalue weighted by atomic mass is 19.4. The Morgan fingerprint density at radius 1 is 1.10 bits per heavy atom. The molecule has 3 N–H and O–H groups in total. The summed E-state index contributed by atoms with van der Waals surface area (Å²) in [5.41, 5.74) is 1.74. The molecule has 2 amide bonds. The van der Waals surface area contributed by atoms with E-state index in [1.54, 1.807) is 7.05 Å². The summed E-state index contributed by atoms with van der Waals surface area (Å²) in [5.74, 6) is -0.827. The molecular formula is C20H27F3N3O3+. The number of quaternary nitrogens is 1. The molecule has 0 aromatic heterocycles. The number of amides is 2. The first kappa shape index (κ1) is 22.7. The summed E-state index contributed by atoms with van der Waals surface area (Å²) in [5, 5.41) is 5.46. The molecule has 0 spiro atoms. The highest BCUT2D eigenvalue weighted by Gasteiger charge is 2.31. The summed E-state index contributed by atoms with van der Waals surface area (Å²) in [6.07, 6.45) is 3.01. The average molecular weight is 414 g/mol. The number of carbonyl (C=O) groups is 2. The first-order valence-corrected chi connectivity index (χ1v) is 9.63. The van der Waals surface area contributed by atoms with Crippen LogP contribution in [0.1, 0.15) is 32.1 Å². The number of ether oxygens (including phenoxy) is 1. The highest BCUT2D eigenvalue weighted by Crippen LogP contribution is 2.23. The number of likely N-dealkylation sites (N-methyl/N-ethyl adjacent to an activating group) is 1. The third-order valence-electron chi connectivity index (χ3n) is 4.45. The Morgan fingerprint density at radius 2 is 1.79 bits per heavy atom. The van der Waals surface area contributed by atoms with Gasteiger partial charge in [-0.2, -0.15) is 0 Å². The van der Waals surface area contributed by atoms with Gasteiger partial charge in [0.1, 0.15) is 5.75 Å². The Hall–Kier alpha value is -2.55. The van der Waals surface area contributed by atoms with Crippen LogP contribution in [0.25, 0.3) is 0 Å². The minimum absolute atomic E-state index is 0.0549. The molecule has 0 saturated heterocycles. The third kappa shape index (κ3) is 9.47. The fourth-order valence-electron chi connectivity index (χ4n) is 3.11. The lowest BCUT2D eigenvalue weighted by Gasteiger charge is -2.15. The molecule has 29 heavy (non-hydrogen) atoms. The Morgan fingerprint density at radius 3 is 2.41 bits per heavy atom. The Labute approximate surface area is 168 Å². The van der Waals surface area contributed by atoms with Gasteiger partial charge in [-0.25, -0.2) is 0 Å². The van der Waals surface area contributed by atoms with E-state index >= 15 is 0 Å². The molecule has 0 radical (unpaired) electrons. The maximum atomic E-state index is 12.1. The molecule has 160 valence electrons. The Kier molecular flexibility index (Phi) is 8.50. The minimum Gasteiger partial charge on any atom is -0.406 e. The van der Waals surface area contributed by atoms with Crippen molar-refractivity contribution in [2.45, 2.75) is 38.5 Å². The van der Waals surface area contributed by atoms with Gasteiger partial charge >= 0.3 is 6.36 Å². The number of allylic oxidation sites excluding steroid dienone is 1. The van der Waals surface area contributed by atoms with Gasteiger partial charge in [-0.15, -0.1) is 13.2 Å². The van der Waals surface area contributed by atoms with Gasteiger partial charge in [0.25, 0.3) is 11.8 Å². The van der Waals surface area contributed by atoms with Crippen LogP contribution in [0, 0.1) is 0 Å². The van der Waals surface area contributed by atoms with Crippen LogP contribution in [0.5, 0.6) is 5.75 Å². The maximum Gasteiger partial charge on any atom is 0.573 e. The zero-order valence-electron chi connectivity index (χ0n) is 16.4. The van der Waals surface area contributed by atoms with Crippen molar-refractivity contribution >= 4 is 17.5 Å². The number of halogens is 3. The van der Waals surface area contributed by atoms with E-state index in [0.717, 1.165) is 31.4 Å². The summed E-state index contributed by atoms with van der Waals surface area (Å²) in [6.45, 7) is 0.806. The lowest BCUT2D eigenvalue weighted by molar-refractivity contribution is -0.862. The number of anilines is 1. The van der Waals surface area contributed by atoms with Gasteiger partial charge in [-0.3, -0.25) is 9.59 Å². The summed E-state index contributed by atoms with van der Waals surface area (Å²) in [6, 6.07) is 4.88. The second kappa shape index (κ2) is 10.8. The van der Waals surface area contributed by atoms with E-state index in [-0.39, 0.29) is 30.7 Å². The highest BCUT2D eigenvalue weighted by molar-refractivity contribution is 5.91. The van der Waals surface area contributed by atoms with Crippen molar-refractivity contribution in [3.63, 3.8) is 0 Å². The largest absolute Gasteiger partial charge is 0.573 e. The Balaban J connectivity index is 1.67. The smallest absolute Gasteiger partial charge is 0.406 e. The molecule has 1 atom stereocenters. The summed E-state index contributed by atoms with van der Waals surface area (Å²) in [4.78, 5) is 24.8. The van der Waals surface area contributed by atoms with Crippen LogP contribution < -0.4 is 20.3 Å². The number of carbonyl (C=O) groups excluding carboxylic acids is 2. The van der Waals surface area contributed by atoms with E-state index in [1.807, 2.05) is 0 Å². The van der Waals surface area contributed by atoms with Crippen LogP contribution >= 0.6 is 0 Å². The number of rotatable bonds is 9. The molecule has 0 saturated carbocycles. The SMILES string of the molecule is C[NH+](CC(=O)NCCC1=CCCCC1)CC(=O)Nc1ccc(OC(F)(F)F)cc1. The van der Waals surface area contributed by atoms with Crippen molar-refractivity contribution in [1.29, 1.82) is 0 Å². The van der Waals surface area contributed by atoms with Crippen LogP contribution in [-0.2, 0) is 9.59 Å². The van der Waals surface area contributed by atoms with Crippen molar-refractivity contribution in [2.75, 3.05) is 32.0 Å². The van der Waals surface area contributed by atoms with Crippen molar-refractivity contribution in [2.24, 2.45) is 0 Å². The van der Waals surface area contributed by atoms with Crippen LogP contribution in [-0.4, -0.2) is 44.9 Å². The third-order valence-corrected chi connectivity index (χ3v) is 4.45. The quantitative estimate of drug-likeness (QED) is 0.542. The fraction of sp³-hybridized carbons (Fsp3) is 0.500. The molecule has 9 heteroatoms. The van der Waals surface area contributed by atoms with Gasteiger partial charge in [0.15, 0.2) is 13.1 Å². The average Bonchev–Trinajstić information content (AvgIpc) is 2.63. The van der Waals surface area contributed by atoms with E-state index in [0.29, 0.717) is 17.1 Å². The molecule has 1 aliphatic carbocycles. The molecule has 1 aromatic carbocycles. The van der Waals surface area contributed by atoms with Crippen molar-refractivity contribution in [1.82, 2.24) is 5.32 Å². The zero-order chi connectivity index (χ0) is 21.3. The normalized spacial score (nSPS) is 15.2. The molecule has 0 fully saturated rings. The van der Waals surface area contributed by atoms with Crippen LogP contribution in [0.15, 0.2) is 35.9 Å². The van der Waals surface area contributed by atoms with E-state index in [1.165, 1.54) is 30.5 Å². The summed E-state index contributed by atoms with van der Waals surface area (Å²) < 4.78 is 40.2. The first-order chi connectivity index (χ1) is 13.7. The molecule has 1 unspecified atom stereocenters. The maximum absolute atomic E-state index is 12.1. The number of hydrogen-bond donors (Lipinski definition) is 3. The van der Waals surface area contributed by atoms with Gasteiger partial charge in [-0.1, -0.05) is 11.6 Å². The fourth-order valence-corrected chi connectivity index (χ4v) is 3.11. The Bertz CT molecular complexity index is 718. The van der Waals surface area contributed by atoms with Crippen LogP contribution in [0.4, 0.5) is 18.9 Å². The topological polar surface area (TPSA) is 71.9 Å². The molecule has 2 rings (SSSR count). The predicted molar refractivity (Wildman–Crippen MR) is 103 cm³/mol. The van der Waals surface area contributed by atoms with Crippen LogP contribution in [0.3, 0.4) is 0 Å². The second-order valence-electron chi connectivity index (χ2n) is 7.14. The zero-order valence-corrected chi connectivity index (χ0v) is 16.4. The molecule has 1 aromatic rings. The molecule has 0 bridgehead atoms. The lowest BCUT2D eigenvalue weighted by atomic mass is 9.97. The lowest BCUT2D eigenvalue weighted by Crippen LogP contribution is -3.11. The molecule has 0 aliphatic heterocycles. The molecule has 1 aliphatic rings. The van der Waals surface area contributed by atoms with Crippen LogP contribution in [0.2, 0.25) is 0 Å². The molecular weight excluding hydrogens is 387 g/mol. The number of benzene rings is 1. The van der Waals surface area contributed by atoms with Crippen molar-refractivity contribution in [3.05, 3.63) is 35.9 Å². The van der Waals surface area contributed by atoms with Gasteiger partial charge in [-0.05, 0) is 56.4 Å². The summed E-state index contributed by atoms with van der Waals surface area (Å²) >= 11 is 0. The van der Waals surface area contributed by atoms with Gasteiger partial charge in [0, 0.05) is 12.2 Å². The van der Waals surface area contributed by atoms with Crippen molar-refractivity contribution < 1.29 is 32.4 Å². The van der Waals surface area contributed by atoms with Crippen molar-refractivity contribution in [3.8, 4) is 5.75 Å².